The molecule has 2 N–H and O–H groups in total. The van der Waals surface area contributed by atoms with Gasteiger partial charge in [-0.25, -0.2) is 4.79 Å². The van der Waals surface area contributed by atoms with Crippen LogP contribution in [-0.2, 0) is 6.54 Å². The topological polar surface area (TPSA) is 58.7 Å². The first-order valence-electron chi connectivity index (χ1n) is 5.50. The van der Waals surface area contributed by atoms with Gasteiger partial charge in [-0.05, 0) is 5.56 Å². The first-order valence-corrected chi connectivity index (χ1v) is 6.66. The Morgan fingerprint density at radius 1 is 1.35 bits per heavy atom. The van der Waals surface area contributed by atoms with Gasteiger partial charge in [0.15, 0.2) is 0 Å². The number of aliphatic imine (C=N–C) groups is 1. The number of nitrogens with zero attached hydrogens (tertiary/aromatic N) is 2. The lowest BCUT2D eigenvalue weighted by molar-refractivity contribution is 0.180. The summed E-state index contributed by atoms with van der Waals surface area (Å²) in [6, 6.07) is 9.74. The Hall–Kier alpha value is -1.49. The van der Waals surface area contributed by atoms with Crippen LogP contribution in [0.4, 0.5) is 4.79 Å². The molecule has 88 valence electrons. The second-order valence-electron chi connectivity index (χ2n) is 4.38. The third-order valence-corrected chi connectivity index (χ3v) is 4.67. The van der Waals surface area contributed by atoms with Gasteiger partial charge in [-0.3, -0.25) is 0 Å². The van der Waals surface area contributed by atoms with Crippen molar-refractivity contribution < 1.29 is 4.79 Å². The summed E-state index contributed by atoms with van der Waals surface area (Å²) in [5.41, 5.74) is 6.69. The summed E-state index contributed by atoms with van der Waals surface area (Å²) in [6.45, 7) is 0.588. The van der Waals surface area contributed by atoms with Crippen molar-refractivity contribution in [2.45, 2.75) is 12.1 Å². The fourth-order valence-electron chi connectivity index (χ4n) is 2.17. The van der Waals surface area contributed by atoms with E-state index in [1.807, 2.05) is 30.3 Å². The monoisotopic (exact) mass is 247 g/mol. The van der Waals surface area contributed by atoms with Crippen LogP contribution in [0.1, 0.15) is 5.56 Å². The maximum atomic E-state index is 11.8. The van der Waals surface area contributed by atoms with Crippen molar-refractivity contribution in [1.29, 1.82) is 0 Å². The highest BCUT2D eigenvalue weighted by Crippen LogP contribution is 2.39. The number of nitrogens with two attached hydrogens (primary N) is 1. The molecule has 1 aromatic carbocycles. The zero-order valence-corrected chi connectivity index (χ0v) is 10.1. The summed E-state index contributed by atoms with van der Waals surface area (Å²) in [6.07, 6.45) is 0. The number of thioether (sulfide) groups is 1. The van der Waals surface area contributed by atoms with Crippen molar-refractivity contribution in [3.63, 3.8) is 0 Å². The summed E-state index contributed by atoms with van der Waals surface area (Å²) < 4.78 is 0. The van der Waals surface area contributed by atoms with Gasteiger partial charge in [0.05, 0.1) is 0 Å². The first-order chi connectivity index (χ1) is 8.22. The van der Waals surface area contributed by atoms with Crippen molar-refractivity contribution in [2.75, 3.05) is 11.5 Å². The van der Waals surface area contributed by atoms with Crippen LogP contribution in [0.5, 0.6) is 0 Å². The second-order valence-corrected chi connectivity index (χ2v) is 5.36. The Labute approximate surface area is 104 Å². The molecule has 0 aromatic heterocycles. The molecule has 0 aliphatic carbocycles. The van der Waals surface area contributed by atoms with Gasteiger partial charge in [0, 0.05) is 18.1 Å². The molecule has 1 fully saturated rings. The fourth-order valence-corrected chi connectivity index (χ4v) is 3.37. The quantitative estimate of drug-likeness (QED) is 0.861. The molecule has 2 aliphatic rings. The Bertz CT molecular complexity index is 482. The molecule has 2 aliphatic heterocycles. The molecule has 4 nitrogen and oxygen atoms in total. The molecule has 0 unspecified atom stereocenters. The minimum absolute atomic E-state index is 0.202. The molecule has 5 heteroatoms. The van der Waals surface area contributed by atoms with Crippen LogP contribution >= 0.6 is 11.8 Å². The molecule has 17 heavy (non-hydrogen) atoms. The Morgan fingerprint density at radius 2 is 2.06 bits per heavy atom. The second kappa shape index (κ2) is 3.77. The van der Waals surface area contributed by atoms with Gasteiger partial charge < -0.3 is 10.6 Å². The van der Waals surface area contributed by atoms with Crippen LogP contribution in [0, 0.1) is 0 Å². The standard InChI is InChI=1S/C12H13N3OS/c13-10-12(7-17-8-12)15(11(16)14-10)6-9-4-2-1-3-5-9/h1-5H,6-8H2,(H2,13,14,16). The average molecular weight is 247 g/mol. The van der Waals surface area contributed by atoms with E-state index in [9.17, 15) is 4.79 Å². The zero-order valence-electron chi connectivity index (χ0n) is 9.30. The van der Waals surface area contributed by atoms with Crippen LogP contribution in [0.25, 0.3) is 0 Å². The number of hydrogen-bond donors (Lipinski definition) is 1. The molecule has 1 spiro atoms. The van der Waals surface area contributed by atoms with Crippen molar-refractivity contribution in [3.8, 4) is 0 Å². The summed E-state index contributed by atoms with van der Waals surface area (Å²) in [4.78, 5) is 17.6. The normalized spacial score (nSPS) is 21.5. The molecule has 0 radical (unpaired) electrons. The van der Waals surface area contributed by atoms with E-state index in [1.54, 1.807) is 16.7 Å². The van der Waals surface area contributed by atoms with E-state index in [4.69, 9.17) is 5.73 Å². The molecule has 0 atom stereocenters. The predicted molar refractivity (Wildman–Crippen MR) is 69.1 cm³/mol. The third-order valence-electron chi connectivity index (χ3n) is 3.31. The van der Waals surface area contributed by atoms with E-state index < -0.39 is 0 Å². The molecule has 0 saturated carbocycles. The molecule has 2 amide bonds. The molecule has 1 saturated heterocycles. The number of hydrogen-bond acceptors (Lipinski definition) is 3. The fraction of sp³-hybridized carbons (Fsp3) is 0.333. The SMILES string of the molecule is NC1=NC(=O)N(Cc2ccccc2)C12CSC2. The highest BCUT2D eigenvalue weighted by molar-refractivity contribution is 8.01. The molecule has 1 aromatic rings. The van der Waals surface area contributed by atoms with Gasteiger partial charge in [-0.2, -0.15) is 16.8 Å². The van der Waals surface area contributed by atoms with Crippen LogP contribution < -0.4 is 5.73 Å². The maximum absolute atomic E-state index is 11.8. The Morgan fingerprint density at radius 3 is 2.65 bits per heavy atom. The van der Waals surface area contributed by atoms with Crippen LogP contribution in [0.3, 0.4) is 0 Å². The van der Waals surface area contributed by atoms with Gasteiger partial charge in [-0.1, -0.05) is 30.3 Å². The predicted octanol–water partition coefficient (Wildman–Crippen LogP) is 1.47. The Kier molecular flexibility index (Phi) is 2.36. The highest BCUT2D eigenvalue weighted by atomic mass is 32.2. The number of amides is 2. The molecule has 0 bridgehead atoms. The number of rotatable bonds is 2. The summed E-state index contributed by atoms with van der Waals surface area (Å²) in [5.74, 6) is 2.21. The summed E-state index contributed by atoms with van der Waals surface area (Å²) in [7, 11) is 0. The lowest BCUT2D eigenvalue weighted by Crippen LogP contribution is -2.62. The lowest BCUT2D eigenvalue weighted by Gasteiger charge is -2.44. The van der Waals surface area contributed by atoms with Gasteiger partial charge in [0.1, 0.15) is 11.4 Å². The number of carbonyl (C=O) groups excluding carboxylic acids is 1. The van der Waals surface area contributed by atoms with Gasteiger partial charge in [0.2, 0.25) is 0 Å². The van der Waals surface area contributed by atoms with Gasteiger partial charge in [0.25, 0.3) is 0 Å². The maximum Gasteiger partial charge on any atom is 0.346 e. The number of carbonyl (C=O) groups is 1. The summed E-state index contributed by atoms with van der Waals surface area (Å²) >= 11 is 1.80. The van der Waals surface area contributed by atoms with Crippen LogP contribution in [0.2, 0.25) is 0 Å². The smallest absolute Gasteiger partial charge is 0.346 e. The van der Waals surface area contributed by atoms with Crippen molar-refractivity contribution >= 4 is 23.6 Å². The third kappa shape index (κ3) is 1.53. The molecule has 2 heterocycles. The average Bonchev–Trinajstić information content (AvgIpc) is 2.51. The summed E-state index contributed by atoms with van der Waals surface area (Å²) in [5, 5.41) is 0. The Balaban J connectivity index is 1.86. The van der Waals surface area contributed by atoms with E-state index >= 15 is 0 Å². The van der Waals surface area contributed by atoms with Crippen molar-refractivity contribution in [2.24, 2.45) is 10.7 Å². The minimum Gasteiger partial charge on any atom is -0.385 e. The number of benzene rings is 1. The van der Waals surface area contributed by atoms with Gasteiger partial charge >= 0.3 is 6.03 Å². The van der Waals surface area contributed by atoms with Crippen molar-refractivity contribution in [1.82, 2.24) is 4.90 Å². The molecular formula is C12H13N3OS. The van der Waals surface area contributed by atoms with Crippen LogP contribution in [0.15, 0.2) is 35.3 Å². The number of amidine groups is 1. The van der Waals surface area contributed by atoms with Crippen LogP contribution in [-0.4, -0.2) is 33.8 Å². The van der Waals surface area contributed by atoms with E-state index in [0.29, 0.717) is 12.4 Å². The van der Waals surface area contributed by atoms with E-state index in [-0.39, 0.29) is 11.6 Å². The van der Waals surface area contributed by atoms with E-state index in [2.05, 4.69) is 4.99 Å². The highest BCUT2D eigenvalue weighted by Gasteiger charge is 2.53. The van der Waals surface area contributed by atoms with E-state index in [1.165, 1.54) is 0 Å². The van der Waals surface area contributed by atoms with Gasteiger partial charge in [-0.15, -0.1) is 0 Å². The van der Waals surface area contributed by atoms with Crippen molar-refractivity contribution in [3.05, 3.63) is 35.9 Å². The lowest BCUT2D eigenvalue weighted by atomic mass is 10.0. The minimum atomic E-state index is -0.308. The molecular weight excluding hydrogens is 234 g/mol. The zero-order chi connectivity index (χ0) is 11.9. The first kappa shape index (κ1) is 10.7. The largest absolute Gasteiger partial charge is 0.385 e. The number of urea groups is 1. The molecule has 3 rings (SSSR count). The van der Waals surface area contributed by atoms with E-state index in [0.717, 1.165) is 17.1 Å².